The van der Waals surface area contributed by atoms with Gasteiger partial charge in [-0.25, -0.2) is 18.6 Å². The molecule has 16 heteroatoms. The van der Waals surface area contributed by atoms with E-state index in [1.807, 2.05) is 0 Å². The zero-order chi connectivity index (χ0) is 29.0. The molecule has 0 spiro atoms. The molecule has 0 fully saturated rings. The Morgan fingerprint density at radius 1 is 1.00 bits per heavy atom. The number of nitrogens with zero attached hydrogens (tertiary/aromatic N) is 1. The average molecular weight is 613 g/mol. The molecule has 2 aromatic carbocycles. The van der Waals surface area contributed by atoms with Gasteiger partial charge in [0.05, 0.1) is 38.7 Å². The fraction of sp³-hybridized carbons (Fsp3) is 0.273. The summed E-state index contributed by atoms with van der Waals surface area (Å²) in [5.74, 6) is -3.76. The van der Waals surface area contributed by atoms with E-state index in [0.717, 1.165) is 31.3 Å². The van der Waals surface area contributed by atoms with Crippen molar-refractivity contribution >= 4 is 52.8 Å². The fourth-order valence-corrected chi connectivity index (χ4v) is 3.63. The molecule has 0 aliphatic heterocycles. The van der Waals surface area contributed by atoms with Crippen molar-refractivity contribution in [1.29, 1.82) is 0 Å². The van der Waals surface area contributed by atoms with Gasteiger partial charge in [-0.2, -0.15) is 26.3 Å². The van der Waals surface area contributed by atoms with Crippen LogP contribution in [0.5, 0.6) is 0 Å². The molecule has 3 amide bonds. The van der Waals surface area contributed by atoms with Crippen molar-refractivity contribution in [3.63, 3.8) is 0 Å². The minimum Gasteiger partial charge on any atom is -0.331 e. The monoisotopic (exact) mass is 611 g/mol. The zero-order valence-electron chi connectivity index (χ0n) is 18.8. The summed E-state index contributed by atoms with van der Waals surface area (Å²) in [5, 5.41) is 1.38. The summed E-state index contributed by atoms with van der Waals surface area (Å²) < 4.78 is 107. The van der Waals surface area contributed by atoms with E-state index in [9.17, 15) is 44.7 Å². The average Bonchev–Trinajstić information content (AvgIpc) is 2.79. The Morgan fingerprint density at radius 3 is 2.08 bits per heavy atom. The Balaban J connectivity index is 2.39. The van der Waals surface area contributed by atoms with Crippen LogP contribution >= 0.6 is 34.8 Å². The van der Waals surface area contributed by atoms with E-state index in [4.69, 9.17) is 34.8 Å². The minimum absolute atomic E-state index is 0.178. The van der Waals surface area contributed by atoms with E-state index >= 15 is 0 Å². The fourth-order valence-electron chi connectivity index (χ4n) is 3.02. The highest BCUT2D eigenvalue weighted by Gasteiger charge is 2.40. The molecule has 208 valence electrons. The number of alkyl halides is 8. The summed E-state index contributed by atoms with van der Waals surface area (Å²) in [5.41, 5.74) is -1.49. The van der Waals surface area contributed by atoms with Crippen molar-refractivity contribution in [3.8, 4) is 0 Å². The van der Waals surface area contributed by atoms with Gasteiger partial charge in [-0.3, -0.25) is 10.2 Å². The predicted octanol–water partition coefficient (Wildman–Crippen LogP) is 7.58. The van der Waals surface area contributed by atoms with E-state index in [1.165, 1.54) is 0 Å². The van der Waals surface area contributed by atoms with Gasteiger partial charge in [-0.1, -0.05) is 53.0 Å². The quantitative estimate of drug-likeness (QED) is 0.201. The second-order valence-corrected chi connectivity index (χ2v) is 8.75. The third-order valence-corrected chi connectivity index (χ3v) is 5.97. The predicted molar refractivity (Wildman–Crippen MR) is 125 cm³/mol. The lowest BCUT2D eigenvalue weighted by Crippen LogP contribution is -2.49. The molecular formula is C22H16Cl3F8N3O2. The normalized spacial score (nSPS) is 13.1. The van der Waals surface area contributed by atoms with Crippen LogP contribution in [0.4, 0.5) is 39.9 Å². The largest absolute Gasteiger partial charge is 0.417 e. The topological polar surface area (TPSA) is 61.4 Å². The molecule has 1 atom stereocenters. The number of hydrogen-bond acceptors (Lipinski definition) is 2. The lowest BCUT2D eigenvalue weighted by molar-refractivity contribution is -0.139. The molecule has 0 aromatic heterocycles. The number of urea groups is 1. The Kier molecular flexibility index (Phi) is 10.3. The highest BCUT2D eigenvalue weighted by molar-refractivity contribution is 6.48. The van der Waals surface area contributed by atoms with Gasteiger partial charge in [0, 0.05) is 7.05 Å². The van der Waals surface area contributed by atoms with E-state index in [-0.39, 0.29) is 20.6 Å². The van der Waals surface area contributed by atoms with E-state index in [2.05, 4.69) is 0 Å². The summed E-state index contributed by atoms with van der Waals surface area (Å²) in [6.07, 6.45) is -11.6. The van der Waals surface area contributed by atoms with Crippen LogP contribution in [0.25, 0.3) is 6.08 Å². The molecule has 0 saturated heterocycles. The molecular weight excluding hydrogens is 597 g/mol. The first kappa shape index (κ1) is 31.4. The van der Waals surface area contributed by atoms with Crippen molar-refractivity contribution in [2.75, 3.05) is 13.6 Å². The molecule has 0 saturated carbocycles. The summed E-state index contributed by atoms with van der Waals surface area (Å²) >= 11 is 17.4. The van der Waals surface area contributed by atoms with Gasteiger partial charge in [0.25, 0.3) is 12.3 Å². The van der Waals surface area contributed by atoms with Gasteiger partial charge < -0.3 is 5.32 Å². The molecule has 38 heavy (non-hydrogen) atoms. The molecule has 5 nitrogen and oxygen atoms in total. The van der Waals surface area contributed by atoms with Crippen LogP contribution in [-0.2, 0) is 6.18 Å². The van der Waals surface area contributed by atoms with Crippen molar-refractivity contribution in [3.05, 3.63) is 73.7 Å². The molecule has 1 unspecified atom stereocenters. The number of benzene rings is 2. The van der Waals surface area contributed by atoms with E-state index in [1.54, 1.807) is 10.7 Å². The van der Waals surface area contributed by atoms with Crippen LogP contribution in [0, 0.1) is 0 Å². The highest BCUT2D eigenvalue weighted by Crippen LogP contribution is 2.41. The summed E-state index contributed by atoms with van der Waals surface area (Å²) in [4.78, 5) is 24.0. The van der Waals surface area contributed by atoms with Crippen LogP contribution < -0.4 is 10.7 Å². The number of nitrogens with one attached hydrogen (secondary N) is 2. The number of carbonyl (C=O) groups excluding carboxylic acids is 2. The van der Waals surface area contributed by atoms with Crippen LogP contribution in [0.2, 0.25) is 15.1 Å². The van der Waals surface area contributed by atoms with Gasteiger partial charge >= 0.3 is 18.4 Å². The molecule has 2 rings (SSSR count). The first-order valence-corrected chi connectivity index (χ1v) is 11.3. The summed E-state index contributed by atoms with van der Waals surface area (Å²) in [6.45, 7) is -1.07. The number of carbonyl (C=O) groups is 2. The first-order valence-electron chi connectivity index (χ1n) is 10.1. The van der Waals surface area contributed by atoms with Crippen LogP contribution in [0.3, 0.4) is 0 Å². The van der Waals surface area contributed by atoms with Gasteiger partial charge in [0.1, 0.15) is 0 Å². The van der Waals surface area contributed by atoms with Crippen molar-refractivity contribution in [2.45, 2.75) is 24.7 Å². The van der Waals surface area contributed by atoms with Crippen molar-refractivity contribution in [2.24, 2.45) is 0 Å². The lowest BCUT2D eigenvalue weighted by Gasteiger charge is -2.20. The second kappa shape index (κ2) is 12.4. The number of allylic oxidation sites excluding steroid dienone is 1. The molecule has 0 bridgehead atoms. The summed E-state index contributed by atoms with van der Waals surface area (Å²) in [6, 6.07) is 2.65. The molecule has 0 radical (unpaired) electrons. The smallest absolute Gasteiger partial charge is 0.331 e. The summed E-state index contributed by atoms with van der Waals surface area (Å²) in [7, 11) is 0.898. The molecule has 0 aliphatic carbocycles. The first-order chi connectivity index (χ1) is 17.4. The third kappa shape index (κ3) is 8.37. The molecule has 0 aliphatic rings. The number of halogens is 11. The minimum atomic E-state index is -5.13. The second-order valence-electron chi connectivity index (χ2n) is 7.56. The SMILES string of the molecule is CN(NC(=O)c1ccc(/C=C/C(c2cc(Cl)c(Cl)c(Cl)c2)C(F)(F)F)cc1C(F)(F)F)C(=O)NCC(F)F. The Bertz CT molecular complexity index is 1200. The Morgan fingerprint density at radius 2 is 1.58 bits per heavy atom. The van der Waals surface area contributed by atoms with Crippen LogP contribution in [0.15, 0.2) is 36.4 Å². The third-order valence-electron chi connectivity index (χ3n) is 4.77. The molecule has 2 N–H and O–H groups in total. The van der Waals surface area contributed by atoms with Crippen molar-refractivity contribution < 1.29 is 44.7 Å². The number of amides is 3. The van der Waals surface area contributed by atoms with Gasteiger partial charge in [-0.15, -0.1) is 0 Å². The highest BCUT2D eigenvalue weighted by atomic mass is 35.5. The number of rotatable bonds is 6. The van der Waals surface area contributed by atoms with Gasteiger partial charge in [0.2, 0.25) is 0 Å². The molecule has 2 aromatic rings. The number of hydrazine groups is 1. The number of hydrogen-bond donors (Lipinski definition) is 2. The van der Waals surface area contributed by atoms with Crippen LogP contribution in [-0.4, -0.2) is 43.1 Å². The Labute approximate surface area is 225 Å². The zero-order valence-corrected chi connectivity index (χ0v) is 21.1. The lowest BCUT2D eigenvalue weighted by atomic mass is 9.96. The van der Waals surface area contributed by atoms with E-state index < -0.39 is 59.9 Å². The maximum Gasteiger partial charge on any atom is 0.417 e. The maximum atomic E-state index is 13.7. The Hall–Kier alpha value is -2.77. The van der Waals surface area contributed by atoms with Crippen molar-refractivity contribution in [1.82, 2.24) is 15.8 Å². The molecule has 0 heterocycles. The maximum absolute atomic E-state index is 13.7. The van der Waals surface area contributed by atoms with Crippen LogP contribution in [0.1, 0.15) is 33.0 Å². The van der Waals surface area contributed by atoms with Gasteiger partial charge in [-0.05, 0) is 35.4 Å². The standard InChI is InChI=1S/C22H16Cl3F8N3O2/c1-36(20(38)34-9-17(26)27)35-19(37)12-4-2-10(6-14(12)22(31,32)33)3-5-13(21(28,29)30)11-7-15(23)18(25)16(24)8-11/h2-8,13,17H,9H2,1H3,(H,34,38)(H,35,37)/b5-3+. The van der Waals surface area contributed by atoms with E-state index in [0.29, 0.717) is 23.2 Å². The van der Waals surface area contributed by atoms with Gasteiger partial charge in [0.15, 0.2) is 0 Å².